The molecule has 0 spiro atoms. The van der Waals surface area contributed by atoms with Crippen LogP contribution in [0.25, 0.3) is 11.1 Å². The zero-order valence-corrected chi connectivity index (χ0v) is 20.9. The van der Waals surface area contributed by atoms with E-state index in [1.165, 1.54) is 19.3 Å². The molecule has 0 radical (unpaired) electrons. The second-order valence-corrected chi connectivity index (χ2v) is 8.55. The average molecular weight is 465 g/mol. The van der Waals surface area contributed by atoms with Gasteiger partial charge in [0.05, 0.1) is 6.61 Å². The van der Waals surface area contributed by atoms with Crippen LogP contribution in [0.5, 0.6) is 11.5 Å². The molecule has 1 atom stereocenters. The first-order valence-corrected chi connectivity index (χ1v) is 12.8. The van der Waals surface area contributed by atoms with Gasteiger partial charge in [0.1, 0.15) is 11.5 Å². The number of ether oxygens (including phenoxy) is 3. The molecule has 34 heavy (non-hydrogen) atoms. The van der Waals surface area contributed by atoms with E-state index >= 15 is 0 Å². The summed E-state index contributed by atoms with van der Waals surface area (Å²) in [6, 6.07) is 16.1. The lowest BCUT2D eigenvalue weighted by Gasteiger charge is -2.19. The Morgan fingerprint density at radius 3 is 2.06 bits per heavy atom. The molecule has 0 N–H and O–H groups in total. The minimum Gasteiger partial charge on any atom is -0.494 e. The number of carbonyl (C=O) groups is 1. The lowest BCUT2D eigenvalue weighted by molar-refractivity contribution is -0.164. The molecule has 0 saturated heterocycles. The third kappa shape index (κ3) is 10.8. The molecule has 0 saturated carbocycles. The fourth-order valence-corrected chi connectivity index (χ4v) is 3.58. The molecule has 2 aromatic rings. The maximum atomic E-state index is 12.1. The van der Waals surface area contributed by atoms with Crippen molar-refractivity contribution >= 4 is 5.97 Å². The van der Waals surface area contributed by atoms with E-state index in [0.717, 1.165) is 49.2 Å². The van der Waals surface area contributed by atoms with Gasteiger partial charge in [-0.15, -0.1) is 12.3 Å². The molecule has 1 unspecified atom stereocenters. The summed E-state index contributed by atoms with van der Waals surface area (Å²) in [6.07, 6.45) is 14.8. The van der Waals surface area contributed by atoms with Crippen molar-refractivity contribution in [3.63, 3.8) is 0 Å². The molecule has 184 valence electrons. The van der Waals surface area contributed by atoms with E-state index in [1.807, 2.05) is 36.4 Å². The standard InChI is InChI=1S/C30H40O4/c1-4-7-10-13-24-32-27-20-16-25(17-21-27)26-18-22-28(23-19-26)33-30(15-12-9-6-3)34-29(31)14-11-8-5-2/h2,16-23,30H,4,6-15,24H2,1,3H3. The Morgan fingerprint density at radius 1 is 0.824 bits per heavy atom. The van der Waals surface area contributed by atoms with Crippen LogP contribution in [-0.4, -0.2) is 18.9 Å². The minimum atomic E-state index is -0.579. The van der Waals surface area contributed by atoms with Crippen LogP contribution in [0.4, 0.5) is 0 Å². The molecular formula is C30H40O4. The molecule has 4 heteroatoms. The predicted octanol–water partition coefficient (Wildman–Crippen LogP) is 7.94. The highest BCUT2D eigenvalue weighted by atomic mass is 16.7. The minimum absolute atomic E-state index is 0.263. The molecule has 0 aliphatic heterocycles. The Labute approximate surface area is 206 Å². The highest BCUT2D eigenvalue weighted by Crippen LogP contribution is 2.26. The third-order valence-electron chi connectivity index (χ3n) is 5.58. The van der Waals surface area contributed by atoms with Gasteiger partial charge in [0.2, 0.25) is 6.29 Å². The van der Waals surface area contributed by atoms with E-state index < -0.39 is 6.29 Å². The van der Waals surface area contributed by atoms with Crippen molar-refractivity contribution in [3.8, 4) is 35.0 Å². The summed E-state index contributed by atoms with van der Waals surface area (Å²) in [5.74, 6) is 3.88. The van der Waals surface area contributed by atoms with Crippen LogP contribution in [0.1, 0.15) is 84.5 Å². The topological polar surface area (TPSA) is 44.8 Å². The van der Waals surface area contributed by atoms with Crippen molar-refractivity contribution in [1.82, 2.24) is 0 Å². The maximum absolute atomic E-state index is 12.1. The molecule has 0 aliphatic carbocycles. The fourth-order valence-electron chi connectivity index (χ4n) is 3.58. The fraction of sp³-hybridized carbons (Fsp3) is 0.500. The lowest BCUT2D eigenvalue weighted by atomic mass is 10.1. The van der Waals surface area contributed by atoms with E-state index in [9.17, 15) is 4.79 Å². The van der Waals surface area contributed by atoms with Crippen molar-refractivity contribution in [2.75, 3.05) is 6.61 Å². The molecule has 2 aromatic carbocycles. The largest absolute Gasteiger partial charge is 0.494 e. The van der Waals surface area contributed by atoms with E-state index in [-0.39, 0.29) is 5.97 Å². The van der Waals surface area contributed by atoms with Crippen LogP contribution in [0, 0.1) is 12.3 Å². The molecule has 4 nitrogen and oxygen atoms in total. The molecule has 0 heterocycles. The first-order chi connectivity index (χ1) is 16.7. The molecule has 0 aromatic heterocycles. The first kappa shape index (κ1) is 27.3. The van der Waals surface area contributed by atoms with Gasteiger partial charge in [-0.2, -0.15) is 0 Å². The highest BCUT2D eigenvalue weighted by molar-refractivity contribution is 5.69. The van der Waals surface area contributed by atoms with E-state index in [2.05, 4.69) is 31.9 Å². The smallest absolute Gasteiger partial charge is 0.308 e. The Bertz CT molecular complexity index is 849. The molecule has 2 rings (SSSR count). The predicted molar refractivity (Wildman–Crippen MR) is 139 cm³/mol. The Morgan fingerprint density at radius 2 is 1.44 bits per heavy atom. The summed E-state index contributed by atoms with van der Waals surface area (Å²) in [7, 11) is 0. The van der Waals surface area contributed by atoms with Crippen LogP contribution < -0.4 is 9.47 Å². The van der Waals surface area contributed by atoms with Crippen molar-refractivity contribution in [2.24, 2.45) is 0 Å². The number of hydrogen-bond acceptors (Lipinski definition) is 4. The van der Waals surface area contributed by atoms with Gasteiger partial charge in [-0.1, -0.05) is 70.2 Å². The quantitative estimate of drug-likeness (QED) is 0.103. The summed E-state index contributed by atoms with van der Waals surface area (Å²) in [4.78, 5) is 12.1. The number of hydrogen-bond donors (Lipinski definition) is 0. The summed E-state index contributed by atoms with van der Waals surface area (Å²) < 4.78 is 17.4. The van der Waals surface area contributed by atoms with Crippen LogP contribution in [0.3, 0.4) is 0 Å². The van der Waals surface area contributed by atoms with Gasteiger partial charge in [-0.3, -0.25) is 4.79 Å². The number of carbonyl (C=O) groups excluding carboxylic acids is 1. The van der Waals surface area contributed by atoms with Crippen LogP contribution in [-0.2, 0) is 9.53 Å². The van der Waals surface area contributed by atoms with Crippen molar-refractivity contribution in [2.45, 2.75) is 90.8 Å². The van der Waals surface area contributed by atoms with Crippen molar-refractivity contribution in [3.05, 3.63) is 48.5 Å². The summed E-state index contributed by atoms with van der Waals surface area (Å²) >= 11 is 0. The van der Waals surface area contributed by atoms with Gasteiger partial charge in [-0.05, 0) is 54.7 Å². The zero-order chi connectivity index (χ0) is 24.4. The Balaban J connectivity index is 1.91. The van der Waals surface area contributed by atoms with E-state index in [4.69, 9.17) is 20.6 Å². The van der Waals surface area contributed by atoms with Crippen LogP contribution >= 0.6 is 0 Å². The van der Waals surface area contributed by atoms with Gasteiger partial charge >= 0.3 is 5.97 Å². The number of rotatable bonds is 17. The average Bonchev–Trinajstić information content (AvgIpc) is 2.85. The zero-order valence-electron chi connectivity index (χ0n) is 20.9. The normalized spacial score (nSPS) is 11.4. The second-order valence-electron chi connectivity index (χ2n) is 8.55. The van der Waals surface area contributed by atoms with Gasteiger partial charge in [-0.25, -0.2) is 0 Å². The van der Waals surface area contributed by atoms with Crippen LogP contribution in [0.2, 0.25) is 0 Å². The van der Waals surface area contributed by atoms with Crippen molar-refractivity contribution < 1.29 is 19.0 Å². The Hall–Kier alpha value is -2.93. The SMILES string of the molecule is C#CCCCC(=O)OC(CCCCC)Oc1ccc(-c2ccc(OCCCCCC)cc2)cc1. The molecular weight excluding hydrogens is 424 g/mol. The van der Waals surface area contributed by atoms with E-state index in [0.29, 0.717) is 31.4 Å². The van der Waals surface area contributed by atoms with Gasteiger partial charge in [0.25, 0.3) is 0 Å². The third-order valence-corrected chi connectivity index (χ3v) is 5.58. The highest BCUT2D eigenvalue weighted by Gasteiger charge is 2.16. The Kier molecular flexibility index (Phi) is 13.4. The number of terminal acetylenes is 1. The summed E-state index contributed by atoms with van der Waals surface area (Å²) in [5.41, 5.74) is 2.21. The number of benzene rings is 2. The maximum Gasteiger partial charge on any atom is 0.308 e. The monoisotopic (exact) mass is 464 g/mol. The second kappa shape index (κ2) is 16.6. The van der Waals surface area contributed by atoms with Gasteiger partial charge < -0.3 is 14.2 Å². The number of unbranched alkanes of at least 4 members (excludes halogenated alkanes) is 6. The molecule has 0 fully saturated rings. The summed E-state index contributed by atoms with van der Waals surface area (Å²) in [6.45, 7) is 5.12. The first-order valence-electron chi connectivity index (χ1n) is 12.8. The van der Waals surface area contributed by atoms with Gasteiger partial charge in [0.15, 0.2) is 0 Å². The summed E-state index contributed by atoms with van der Waals surface area (Å²) in [5, 5.41) is 0. The van der Waals surface area contributed by atoms with Crippen molar-refractivity contribution in [1.29, 1.82) is 0 Å². The van der Waals surface area contributed by atoms with Gasteiger partial charge in [0, 0.05) is 19.3 Å². The molecule has 0 amide bonds. The number of esters is 1. The molecule has 0 bridgehead atoms. The van der Waals surface area contributed by atoms with E-state index in [1.54, 1.807) is 0 Å². The lowest BCUT2D eigenvalue weighted by Crippen LogP contribution is -2.24. The molecule has 0 aliphatic rings. The van der Waals surface area contributed by atoms with Crippen LogP contribution in [0.15, 0.2) is 48.5 Å².